The summed E-state index contributed by atoms with van der Waals surface area (Å²) in [6.07, 6.45) is 3.81. The van der Waals surface area contributed by atoms with Crippen molar-refractivity contribution in [3.63, 3.8) is 0 Å². The molecule has 0 unspecified atom stereocenters. The fraction of sp³-hybridized carbons (Fsp3) is 0.278. The number of thiocarbonyl (C=S) groups is 1. The molecule has 0 aromatic heterocycles. The van der Waals surface area contributed by atoms with Crippen LogP contribution in [0.5, 0.6) is 0 Å². The van der Waals surface area contributed by atoms with E-state index in [2.05, 4.69) is 17.1 Å². The van der Waals surface area contributed by atoms with Crippen LogP contribution in [0.3, 0.4) is 0 Å². The first kappa shape index (κ1) is 19.0. The molecule has 0 bridgehead atoms. The van der Waals surface area contributed by atoms with Crippen LogP contribution in [-0.4, -0.2) is 34.1 Å². The molecule has 26 heavy (non-hydrogen) atoms. The Labute approximate surface area is 166 Å². The van der Waals surface area contributed by atoms with Crippen molar-refractivity contribution in [3.8, 4) is 0 Å². The Kier molecular flexibility index (Phi) is 5.74. The molecule has 0 saturated carbocycles. The van der Waals surface area contributed by atoms with Crippen molar-refractivity contribution in [1.29, 1.82) is 0 Å². The second kappa shape index (κ2) is 7.85. The van der Waals surface area contributed by atoms with Gasteiger partial charge in [0.25, 0.3) is 5.91 Å². The van der Waals surface area contributed by atoms with Crippen LogP contribution < -0.4 is 10.2 Å². The summed E-state index contributed by atoms with van der Waals surface area (Å²) >= 11 is 8.24. The number of thioether (sulfide) groups is 2. The molecule has 1 aromatic carbocycles. The number of fused-ring (bicyclic) bond motifs is 1. The van der Waals surface area contributed by atoms with E-state index in [1.807, 2.05) is 37.3 Å². The van der Waals surface area contributed by atoms with E-state index in [1.165, 1.54) is 18.7 Å². The minimum absolute atomic E-state index is 0.0316. The number of anilines is 2. The zero-order valence-corrected chi connectivity index (χ0v) is 17.2. The average molecular weight is 406 g/mol. The van der Waals surface area contributed by atoms with E-state index in [0.717, 1.165) is 27.8 Å². The predicted molar refractivity (Wildman–Crippen MR) is 113 cm³/mol. The lowest BCUT2D eigenvalue weighted by molar-refractivity contribution is -0.122. The van der Waals surface area contributed by atoms with E-state index in [9.17, 15) is 9.59 Å². The van der Waals surface area contributed by atoms with Gasteiger partial charge in [0.15, 0.2) is 0 Å². The molecule has 0 spiro atoms. The smallest absolute Gasteiger partial charge is 0.266 e. The third-order valence-corrected chi connectivity index (χ3v) is 6.46. The van der Waals surface area contributed by atoms with E-state index in [-0.39, 0.29) is 11.8 Å². The summed E-state index contributed by atoms with van der Waals surface area (Å²) in [5.74, 6) is -0.122. The molecule has 136 valence electrons. The fourth-order valence-corrected chi connectivity index (χ4v) is 5.20. The van der Waals surface area contributed by atoms with Crippen molar-refractivity contribution < 1.29 is 9.59 Å². The normalized spacial score (nSPS) is 19.7. The number of allylic oxidation sites excluding steroid dienone is 2. The Bertz CT molecular complexity index is 848. The number of amides is 2. The van der Waals surface area contributed by atoms with Gasteiger partial charge in [0, 0.05) is 30.6 Å². The molecule has 1 N–H and O–H groups in total. The Hall–Kier alpha value is -1.77. The van der Waals surface area contributed by atoms with Gasteiger partial charge in [-0.05, 0) is 44.2 Å². The number of carbonyl (C=O) groups excluding carboxylic acids is 2. The van der Waals surface area contributed by atoms with E-state index < -0.39 is 0 Å². The molecule has 2 amide bonds. The summed E-state index contributed by atoms with van der Waals surface area (Å²) < 4.78 is 0.608. The molecule has 1 fully saturated rings. The summed E-state index contributed by atoms with van der Waals surface area (Å²) in [6, 6.07) is 5.88. The number of hydrogen-bond acceptors (Lipinski definition) is 6. The molecule has 0 aliphatic carbocycles. The van der Waals surface area contributed by atoms with Crippen molar-refractivity contribution in [3.05, 3.63) is 40.3 Å². The van der Waals surface area contributed by atoms with E-state index in [0.29, 0.717) is 15.8 Å². The zero-order valence-electron chi connectivity index (χ0n) is 14.7. The zero-order chi connectivity index (χ0) is 18.8. The lowest BCUT2D eigenvalue weighted by atomic mass is 10.2. The predicted octanol–water partition coefficient (Wildman–Crippen LogP) is 4.18. The van der Waals surface area contributed by atoms with Crippen LogP contribution in [0.1, 0.15) is 20.8 Å². The number of carbonyl (C=O) groups is 2. The lowest BCUT2D eigenvalue weighted by Crippen LogP contribution is -2.27. The van der Waals surface area contributed by atoms with Gasteiger partial charge in [-0.1, -0.05) is 35.7 Å². The van der Waals surface area contributed by atoms with Gasteiger partial charge in [0.2, 0.25) is 5.91 Å². The van der Waals surface area contributed by atoms with Crippen LogP contribution in [0.2, 0.25) is 0 Å². The van der Waals surface area contributed by atoms with Crippen molar-refractivity contribution in [2.75, 3.05) is 23.3 Å². The molecule has 2 heterocycles. The van der Waals surface area contributed by atoms with Crippen LogP contribution in [0, 0.1) is 0 Å². The molecular formula is C18H19N3O2S3. The van der Waals surface area contributed by atoms with Gasteiger partial charge in [0.1, 0.15) is 4.32 Å². The Morgan fingerprint density at radius 3 is 2.54 bits per heavy atom. The largest absolute Gasteiger partial charge is 0.335 e. The highest BCUT2D eigenvalue weighted by Gasteiger charge is 2.30. The highest BCUT2D eigenvalue weighted by Crippen LogP contribution is 2.47. The summed E-state index contributed by atoms with van der Waals surface area (Å²) in [5, 5.41) is 3.86. The van der Waals surface area contributed by atoms with Crippen LogP contribution in [0.25, 0.3) is 0 Å². The first-order valence-electron chi connectivity index (χ1n) is 8.27. The third-order valence-electron chi connectivity index (χ3n) is 3.93. The van der Waals surface area contributed by atoms with Gasteiger partial charge >= 0.3 is 0 Å². The highest BCUT2D eigenvalue weighted by molar-refractivity contribution is 8.26. The van der Waals surface area contributed by atoms with E-state index in [4.69, 9.17) is 12.2 Å². The van der Waals surface area contributed by atoms with Crippen molar-refractivity contribution in [1.82, 2.24) is 4.90 Å². The van der Waals surface area contributed by atoms with Crippen LogP contribution in [-0.2, 0) is 9.59 Å². The molecule has 5 nitrogen and oxygen atoms in total. The maximum Gasteiger partial charge on any atom is 0.266 e. The van der Waals surface area contributed by atoms with E-state index in [1.54, 1.807) is 16.7 Å². The SMILES string of the molecule is CCN1C(=O)C(=CC=C2Sc3ccc(NC(C)=O)cc3N2CC)SC1=S. The topological polar surface area (TPSA) is 52.7 Å². The Morgan fingerprint density at radius 2 is 1.92 bits per heavy atom. The summed E-state index contributed by atoms with van der Waals surface area (Å²) in [7, 11) is 0. The number of nitrogens with zero attached hydrogens (tertiary/aromatic N) is 2. The van der Waals surface area contributed by atoms with Crippen LogP contribution in [0.15, 0.2) is 45.2 Å². The number of benzene rings is 1. The molecule has 2 aliphatic heterocycles. The second-order valence-electron chi connectivity index (χ2n) is 5.66. The molecular weight excluding hydrogens is 386 g/mol. The number of nitrogens with one attached hydrogen (secondary N) is 1. The van der Waals surface area contributed by atoms with Gasteiger partial charge in [0.05, 0.1) is 15.6 Å². The summed E-state index contributed by atoms with van der Waals surface area (Å²) in [6.45, 7) is 6.87. The van der Waals surface area contributed by atoms with Crippen molar-refractivity contribution in [2.45, 2.75) is 25.7 Å². The van der Waals surface area contributed by atoms with Gasteiger partial charge in [-0.25, -0.2) is 0 Å². The minimum atomic E-state index is -0.0904. The van der Waals surface area contributed by atoms with Gasteiger partial charge in [-0.3, -0.25) is 14.5 Å². The van der Waals surface area contributed by atoms with Crippen LogP contribution in [0.4, 0.5) is 11.4 Å². The minimum Gasteiger partial charge on any atom is -0.335 e. The third kappa shape index (κ3) is 3.67. The summed E-state index contributed by atoms with van der Waals surface area (Å²) in [5.41, 5.74) is 1.84. The van der Waals surface area contributed by atoms with Crippen LogP contribution >= 0.6 is 35.7 Å². The Morgan fingerprint density at radius 1 is 1.19 bits per heavy atom. The van der Waals surface area contributed by atoms with Gasteiger partial charge < -0.3 is 10.2 Å². The number of rotatable bonds is 4. The lowest BCUT2D eigenvalue weighted by Gasteiger charge is -2.18. The first-order valence-corrected chi connectivity index (χ1v) is 10.3. The average Bonchev–Trinajstić information content (AvgIpc) is 3.08. The fourth-order valence-electron chi connectivity index (χ4n) is 2.77. The molecule has 3 rings (SSSR count). The van der Waals surface area contributed by atoms with Crippen molar-refractivity contribution in [2.24, 2.45) is 0 Å². The Balaban J connectivity index is 1.86. The quantitative estimate of drug-likeness (QED) is 0.599. The number of likely N-dealkylation sites (N-methyl/N-ethyl adjacent to an activating group) is 1. The first-order chi connectivity index (χ1) is 12.4. The van der Waals surface area contributed by atoms with E-state index >= 15 is 0 Å². The molecule has 8 heteroatoms. The molecule has 1 aromatic rings. The monoisotopic (exact) mass is 405 g/mol. The maximum absolute atomic E-state index is 12.3. The second-order valence-corrected chi connectivity index (χ2v) is 8.40. The standard InChI is InChI=1S/C18H19N3O2S3/c1-4-20-13-10-12(19-11(3)22)6-7-14(13)25-16(20)9-8-15-17(23)21(5-2)18(24)26-15/h6-10H,4-5H2,1-3H3,(H,19,22). The molecule has 1 saturated heterocycles. The number of hydrogen-bond donors (Lipinski definition) is 1. The molecule has 0 atom stereocenters. The van der Waals surface area contributed by atoms with Gasteiger partial charge in [-0.15, -0.1) is 0 Å². The molecule has 0 radical (unpaired) electrons. The van der Waals surface area contributed by atoms with Crippen molar-refractivity contribution >= 4 is 63.3 Å². The highest BCUT2D eigenvalue weighted by atomic mass is 32.2. The maximum atomic E-state index is 12.3. The molecule has 2 aliphatic rings. The summed E-state index contributed by atoms with van der Waals surface area (Å²) in [4.78, 5) is 29.2. The van der Waals surface area contributed by atoms with Gasteiger partial charge in [-0.2, -0.15) is 0 Å².